The van der Waals surface area contributed by atoms with Gasteiger partial charge in [-0.25, -0.2) is 20.8 Å². The number of anilines is 1. The Morgan fingerprint density at radius 3 is 3.00 bits per heavy atom. The van der Waals surface area contributed by atoms with Crippen LogP contribution in [0.5, 0.6) is 0 Å². The Hall–Kier alpha value is -1.69. The van der Waals surface area contributed by atoms with Crippen LogP contribution in [0.4, 0.5) is 5.82 Å². The SMILES string of the molecule is CCn1cnc2c(NN)ncnc21. The van der Waals surface area contributed by atoms with E-state index in [1.54, 1.807) is 6.33 Å². The molecule has 13 heavy (non-hydrogen) atoms. The van der Waals surface area contributed by atoms with Gasteiger partial charge in [-0.2, -0.15) is 0 Å². The predicted octanol–water partition coefficient (Wildman–Crippen LogP) is 0.132. The lowest BCUT2D eigenvalue weighted by molar-refractivity contribution is 0.777. The molecule has 0 aromatic carbocycles. The van der Waals surface area contributed by atoms with Crippen molar-refractivity contribution in [1.29, 1.82) is 0 Å². The molecule has 0 atom stereocenters. The minimum atomic E-state index is 0.553. The van der Waals surface area contributed by atoms with Crippen LogP contribution in [-0.4, -0.2) is 19.5 Å². The van der Waals surface area contributed by atoms with E-state index < -0.39 is 0 Å². The number of aryl methyl sites for hydroxylation is 1. The highest BCUT2D eigenvalue weighted by Gasteiger charge is 2.06. The number of nitrogen functional groups attached to an aromatic ring is 1. The summed E-state index contributed by atoms with van der Waals surface area (Å²) in [5, 5.41) is 0. The Morgan fingerprint density at radius 1 is 1.46 bits per heavy atom. The highest BCUT2D eigenvalue weighted by molar-refractivity contribution is 5.82. The van der Waals surface area contributed by atoms with E-state index in [0.29, 0.717) is 11.3 Å². The minimum Gasteiger partial charge on any atom is -0.315 e. The van der Waals surface area contributed by atoms with Crippen molar-refractivity contribution in [2.45, 2.75) is 13.5 Å². The number of aromatic nitrogens is 4. The molecule has 3 N–H and O–H groups in total. The molecule has 6 heteroatoms. The van der Waals surface area contributed by atoms with E-state index in [4.69, 9.17) is 5.84 Å². The largest absolute Gasteiger partial charge is 0.315 e. The summed E-state index contributed by atoms with van der Waals surface area (Å²) in [4.78, 5) is 12.2. The van der Waals surface area contributed by atoms with Gasteiger partial charge >= 0.3 is 0 Å². The number of hydrazine groups is 1. The second-order valence-corrected chi connectivity index (χ2v) is 2.57. The lowest BCUT2D eigenvalue weighted by atomic mass is 10.5. The summed E-state index contributed by atoms with van der Waals surface area (Å²) in [6, 6.07) is 0. The molecule has 0 radical (unpaired) electrons. The summed E-state index contributed by atoms with van der Waals surface area (Å²) >= 11 is 0. The molecule has 0 saturated heterocycles. The Labute approximate surface area is 74.8 Å². The van der Waals surface area contributed by atoms with E-state index in [0.717, 1.165) is 12.2 Å². The van der Waals surface area contributed by atoms with Crippen LogP contribution in [0.1, 0.15) is 6.92 Å². The van der Waals surface area contributed by atoms with Gasteiger partial charge in [-0.3, -0.25) is 0 Å². The molecule has 6 nitrogen and oxygen atoms in total. The number of hydrogen-bond donors (Lipinski definition) is 2. The molecular weight excluding hydrogens is 168 g/mol. The van der Waals surface area contributed by atoms with E-state index in [9.17, 15) is 0 Å². The molecular formula is C7H10N6. The summed E-state index contributed by atoms with van der Waals surface area (Å²) < 4.78 is 1.93. The molecule has 2 aromatic rings. The van der Waals surface area contributed by atoms with Gasteiger partial charge in [0.2, 0.25) is 0 Å². The van der Waals surface area contributed by atoms with Crippen molar-refractivity contribution in [2.24, 2.45) is 5.84 Å². The van der Waals surface area contributed by atoms with Gasteiger partial charge in [0.05, 0.1) is 6.33 Å². The smallest absolute Gasteiger partial charge is 0.171 e. The van der Waals surface area contributed by atoms with Crippen LogP contribution in [-0.2, 0) is 6.54 Å². The molecule has 68 valence electrons. The van der Waals surface area contributed by atoms with E-state index in [2.05, 4.69) is 20.4 Å². The zero-order valence-electron chi connectivity index (χ0n) is 7.23. The van der Waals surface area contributed by atoms with Crippen molar-refractivity contribution >= 4 is 17.0 Å². The second-order valence-electron chi connectivity index (χ2n) is 2.57. The highest BCUT2D eigenvalue weighted by atomic mass is 15.3. The number of nitrogens with zero attached hydrogens (tertiary/aromatic N) is 4. The van der Waals surface area contributed by atoms with Gasteiger partial charge in [0.15, 0.2) is 17.0 Å². The number of fused-ring (bicyclic) bond motifs is 1. The van der Waals surface area contributed by atoms with Crippen molar-refractivity contribution in [3.05, 3.63) is 12.7 Å². The molecule has 2 aromatic heterocycles. The molecule has 0 unspecified atom stereocenters. The Bertz CT molecular complexity index is 420. The van der Waals surface area contributed by atoms with E-state index in [1.165, 1.54) is 6.33 Å². The molecule has 0 bridgehead atoms. The van der Waals surface area contributed by atoms with Crippen molar-refractivity contribution in [3.8, 4) is 0 Å². The number of hydrogen-bond acceptors (Lipinski definition) is 5. The highest BCUT2D eigenvalue weighted by Crippen LogP contribution is 2.15. The van der Waals surface area contributed by atoms with Crippen LogP contribution in [0.15, 0.2) is 12.7 Å². The fourth-order valence-corrected chi connectivity index (χ4v) is 1.22. The van der Waals surface area contributed by atoms with Crippen LogP contribution >= 0.6 is 0 Å². The maximum absolute atomic E-state index is 5.28. The van der Waals surface area contributed by atoms with E-state index in [-0.39, 0.29) is 0 Å². The average Bonchev–Trinajstić information content (AvgIpc) is 2.60. The van der Waals surface area contributed by atoms with Crippen LogP contribution in [0.3, 0.4) is 0 Å². The zero-order chi connectivity index (χ0) is 9.26. The predicted molar refractivity (Wildman–Crippen MR) is 48.8 cm³/mol. The molecule has 0 amide bonds. The van der Waals surface area contributed by atoms with Crippen molar-refractivity contribution in [1.82, 2.24) is 19.5 Å². The first kappa shape index (κ1) is 7.93. The van der Waals surface area contributed by atoms with Gasteiger partial charge in [-0.15, -0.1) is 0 Å². The molecule has 0 aliphatic rings. The zero-order valence-corrected chi connectivity index (χ0v) is 7.23. The number of rotatable bonds is 2. The van der Waals surface area contributed by atoms with Gasteiger partial charge in [0, 0.05) is 6.54 Å². The minimum absolute atomic E-state index is 0.553. The van der Waals surface area contributed by atoms with Gasteiger partial charge in [-0.05, 0) is 6.92 Å². The van der Waals surface area contributed by atoms with Gasteiger partial charge in [0.25, 0.3) is 0 Å². The Balaban J connectivity index is 2.72. The van der Waals surface area contributed by atoms with Crippen LogP contribution in [0, 0.1) is 0 Å². The molecule has 0 spiro atoms. The molecule has 2 rings (SSSR count). The van der Waals surface area contributed by atoms with Crippen LogP contribution in [0.25, 0.3) is 11.2 Å². The monoisotopic (exact) mass is 178 g/mol. The summed E-state index contributed by atoms with van der Waals surface area (Å²) in [7, 11) is 0. The van der Waals surface area contributed by atoms with Crippen molar-refractivity contribution in [2.75, 3.05) is 5.43 Å². The third-order valence-electron chi connectivity index (χ3n) is 1.88. The fourth-order valence-electron chi connectivity index (χ4n) is 1.22. The third-order valence-corrected chi connectivity index (χ3v) is 1.88. The number of nitrogens with two attached hydrogens (primary N) is 1. The molecule has 0 saturated carbocycles. The fraction of sp³-hybridized carbons (Fsp3) is 0.286. The molecule has 0 aliphatic carbocycles. The molecule has 0 aliphatic heterocycles. The van der Waals surface area contributed by atoms with Crippen LogP contribution < -0.4 is 11.3 Å². The first-order valence-electron chi connectivity index (χ1n) is 3.99. The summed E-state index contributed by atoms with van der Waals surface area (Å²) in [5.74, 6) is 5.83. The first-order chi connectivity index (χ1) is 6.36. The van der Waals surface area contributed by atoms with Crippen LogP contribution in [0.2, 0.25) is 0 Å². The van der Waals surface area contributed by atoms with Gasteiger partial charge in [-0.1, -0.05) is 0 Å². The lowest BCUT2D eigenvalue weighted by Crippen LogP contribution is -2.09. The quantitative estimate of drug-likeness (QED) is 0.504. The van der Waals surface area contributed by atoms with E-state index in [1.807, 2.05) is 11.5 Å². The van der Waals surface area contributed by atoms with Crippen molar-refractivity contribution < 1.29 is 0 Å². The summed E-state index contributed by atoms with van der Waals surface area (Å²) in [6.07, 6.45) is 3.19. The van der Waals surface area contributed by atoms with Crippen molar-refractivity contribution in [3.63, 3.8) is 0 Å². The number of nitrogens with one attached hydrogen (secondary N) is 1. The maximum Gasteiger partial charge on any atom is 0.171 e. The lowest BCUT2D eigenvalue weighted by Gasteiger charge is -1.99. The third kappa shape index (κ3) is 1.11. The van der Waals surface area contributed by atoms with E-state index >= 15 is 0 Å². The molecule has 0 fully saturated rings. The first-order valence-corrected chi connectivity index (χ1v) is 3.99. The Kier molecular flexibility index (Phi) is 1.82. The van der Waals surface area contributed by atoms with Gasteiger partial charge < -0.3 is 9.99 Å². The standard InChI is InChI=1S/C7H10N6/c1-2-13-4-11-5-6(12-8)9-3-10-7(5)13/h3-4H,2,8H2,1H3,(H,9,10,12). The molecule has 2 heterocycles. The normalized spacial score (nSPS) is 10.6. The maximum atomic E-state index is 5.28. The Morgan fingerprint density at radius 2 is 2.31 bits per heavy atom. The van der Waals surface area contributed by atoms with Gasteiger partial charge in [0.1, 0.15) is 6.33 Å². The average molecular weight is 178 g/mol. The topological polar surface area (TPSA) is 81.7 Å². The summed E-state index contributed by atoms with van der Waals surface area (Å²) in [5.41, 5.74) is 3.98. The number of imidazole rings is 1. The second kappa shape index (κ2) is 2.98. The summed E-state index contributed by atoms with van der Waals surface area (Å²) in [6.45, 7) is 2.86.